The molecule has 2 aromatic rings. The molecule has 1 saturated heterocycles. The molecule has 0 bridgehead atoms. The quantitative estimate of drug-likeness (QED) is 0.861. The minimum Gasteiger partial charge on any atom is -0.389 e. The summed E-state index contributed by atoms with van der Waals surface area (Å²) in [6, 6.07) is 5.34. The largest absolute Gasteiger partial charge is 0.389 e. The van der Waals surface area contributed by atoms with Crippen LogP contribution in [0.5, 0.6) is 0 Å². The molecule has 0 unspecified atom stereocenters. The highest BCUT2D eigenvalue weighted by molar-refractivity contribution is 5.57. The lowest BCUT2D eigenvalue weighted by Gasteiger charge is -2.40. The van der Waals surface area contributed by atoms with E-state index >= 15 is 0 Å². The van der Waals surface area contributed by atoms with Crippen LogP contribution in [0.4, 0.5) is 0 Å². The first-order valence-corrected chi connectivity index (χ1v) is 10.5. The number of pyridine rings is 1. The van der Waals surface area contributed by atoms with E-state index < -0.39 is 5.60 Å². The van der Waals surface area contributed by atoms with Gasteiger partial charge < -0.3 is 10.0 Å². The molecule has 1 saturated carbocycles. The molecule has 0 amide bonds. The monoisotopic (exact) mass is 382 g/mol. The lowest BCUT2D eigenvalue weighted by molar-refractivity contribution is -0.0331. The van der Waals surface area contributed by atoms with Gasteiger partial charge in [-0.15, -0.1) is 0 Å². The van der Waals surface area contributed by atoms with Gasteiger partial charge in [0.25, 0.3) is 5.56 Å². The van der Waals surface area contributed by atoms with Crippen LogP contribution in [0.1, 0.15) is 44.9 Å². The van der Waals surface area contributed by atoms with Gasteiger partial charge in [-0.2, -0.15) is 0 Å². The van der Waals surface area contributed by atoms with Crippen LogP contribution in [0.15, 0.2) is 41.7 Å². The van der Waals surface area contributed by atoms with Crippen molar-refractivity contribution in [3.8, 4) is 11.3 Å². The van der Waals surface area contributed by atoms with Crippen molar-refractivity contribution in [2.24, 2.45) is 5.92 Å². The summed E-state index contributed by atoms with van der Waals surface area (Å²) >= 11 is 0. The Morgan fingerprint density at radius 2 is 1.82 bits per heavy atom. The van der Waals surface area contributed by atoms with Gasteiger partial charge >= 0.3 is 0 Å². The van der Waals surface area contributed by atoms with Gasteiger partial charge in [-0.25, -0.2) is 4.98 Å². The number of nitrogens with zero attached hydrogens (tertiary/aromatic N) is 4. The molecule has 2 aliphatic rings. The molecule has 6 heteroatoms. The van der Waals surface area contributed by atoms with Crippen LogP contribution >= 0.6 is 0 Å². The SMILES string of the molecule is O=c1cc(-c2ccncc2)ncn1CC1CCN(CC2(O)CCCCC2)CC1. The van der Waals surface area contributed by atoms with Gasteiger partial charge in [-0.3, -0.25) is 14.3 Å². The fraction of sp³-hybridized carbons (Fsp3) is 0.591. The van der Waals surface area contributed by atoms with Crippen LogP contribution in [0.25, 0.3) is 11.3 Å². The molecule has 2 aromatic heterocycles. The van der Waals surface area contributed by atoms with Crippen molar-refractivity contribution in [2.75, 3.05) is 19.6 Å². The van der Waals surface area contributed by atoms with E-state index in [2.05, 4.69) is 14.9 Å². The fourth-order valence-corrected chi connectivity index (χ4v) is 4.63. The van der Waals surface area contributed by atoms with Crippen LogP contribution in [-0.2, 0) is 6.54 Å². The smallest absolute Gasteiger partial charge is 0.253 e. The number of aliphatic hydroxyl groups is 1. The van der Waals surface area contributed by atoms with E-state index in [-0.39, 0.29) is 5.56 Å². The second-order valence-corrected chi connectivity index (χ2v) is 8.51. The maximum absolute atomic E-state index is 12.5. The van der Waals surface area contributed by atoms with Crippen molar-refractivity contribution in [1.29, 1.82) is 0 Å². The number of aromatic nitrogens is 3. The molecule has 4 rings (SSSR count). The maximum atomic E-state index is 12.5. The minimum absolute atomic E-state index is 0.000702. The molecule has 0 atom stereocenters. The van der Waals surface area contributed by atoms with Crippen molar-refractivity contribution >= 4 is 0 Å². The van der Waals surface area contributed by atoms with Gasteiger partial charge in [0.1, 0.15) is 0 Å². The molecule has 6 nitrogen and oxygen atoms in total. The number of rotatable bonds is 5. The van der Waals surface area contributed by atoms with Crippen molar-refractivity contribution in [3.63, 3.8) is 0 Å². The molecule has 0 aromatic carbocycles. The van der Waals surface area contributed by atoms with Crippen LogP contribution in [-0.4, -0.2) is 49.8 Å². The highest BCUT2D eigenvalue weighted by Crippen LogP contribution is 2.30. The third-order valence-electron chi connectivity index (χ3n) is 6.32. The van der Waals surface area contributed by atoms with E-state index in [0.717, 1.165) is 70.3 Å². The average Bonchev–Trinajstić information content (AvgIpc) is 2.72. The average molecular weight is 383 g/mol. The van der Waals surface area contributed by atoms with Crippen molar-refractivity contribution in [3.05, 3.63) is 47.3 Å². The zero-order chi connectivity index (χ0) is 19.4. The number of likely N-dealkylation sites (tertiary alicyclic amines) is 1. The predicted molar refractivity (Wildman–Crippen MR) is 109 cm³/mol. The molecule has 0 spiro atoms. The second-order valence-electron chi connectivity index (χ2n) is 8.51. The van der Waals surface area contributed by atoms with Gasteiger partial charge in [0, 0.05) is 37.1 Å². The Hall–Kier alpha value is -2.05. The zero-order valence-corrected chi connectivity index (χ0v) is 16.5. The first-order valence-electron chi connectivity index (χ1n) is 10.5. The lowest BCUT2D eigenvalue weighted by atomic mass is 9.84. The molecule has 1 N–H and O–H groups in total. The molecule has 0 radical (unpaired) electrons. The fourth-order valence-electron chi connectivity index (χ4n) is 4.63. The highest BCUT2D eigenvalue weighted by atomic mass is 16.3. The van der Waals surface area contributed by atoms with Crippen molar-refractivity contribution < 1.29 is 5.11 Å². The molecule has 3 heterocycles. The molecular formula is C22H30N4O2. The van der Waals surface area contributed by atoms with E-state index in [1.54, 1.807) is 29.4 Å². The van der Waals surface area contributed by atoms with E-state index in [9.17, 15) is 9.90 Å². The van der Waals surface area contributed by atoms with Crippen LogP contribution in [0.2, 0.25) is 0 Å². The van der Waals surface area contributed by atoms with Crippen molar-refractivity contribution in [1.82, 2.24) is 19.4 Å². The van der Waals surface area contributed by atoms with E-state index in [1.807, 2.05) is 12.1 Å². The van der Waals surface area contributed by atoms with Crippen LogP contribution in [0, 0.1) is 5.92 Å². The van der Waals surface area contributed by atoms with E-state index in [4.69, 9.17) is 0 Å². The number of hydrogen-bond donors (Lipinski definition) is 1. The summed E-state index contributed by atoms with van der Waals surface area (Å²) in [4.78, 5) is 23.4. The minimum atomic E-state index is -0.477. The molecule has 1 aliphatic carbocycles. The Balaban J connectivity index is 1.32. The summed E-state index contributed by atoms with van der Waals surface area (Å²) in [5.41, 5.74) is 1.13. The van der Waals surface area contributed by atoms with Gasteiger partial charge in [0.2, 0.25) is 0 Å². The van der Waals surface area contributed by atoms with Gasteiger partial charge in [-0.1, -0.05) is 19.3 Å². The third kappa shape index (κ3) is 4.67. The Morgan fingerprint density at radius 1 is 1.11 bits per heavy atom. The summed E-state index contributed by atoms with van der Waals surface area (Å²) in [6.45, 7) is 3.54. The molecule has 2 fully saturated rings. The summed E-state index contributed by atoms with van der Waals surface area (Å²) in [6.07, 6.45) is 12.7. The Labute approximate surface area is 166 Å². The molecule has 1 aliphatic heterocycles. The van der Waals surface area contributed by atoms with Crippen LogP contribution in [0.3, 0.4) is 0 Å². The molecule has 150 valence electrons. The van der Waals surface area contributed by atoms with Gasteiger partial charge in [0.15, 0.2) is 0 Å². The summed E-state index contributed by atoms with van der Waals surface area (Å²) in [7, 11) is 0. The second kappa shape index (κ2) is 8.53. The number of hydrogen-bond acceptors (Lipinski definition) is 5. The Kier molecular flexibility index (Phi) is 5.87. The third-order valence-corrected chi connectivity index (χ3v) is 6.32. The zero-order valence-electron chi connectivity index (χ0n) is 16.5. The van der Waals surface area contributed by atoms with Crippen molar-refractivity contribution in [2.45, 2.75) is 57.1 Å². The predicted octanol–water partition coefficient (Wildman–Crippen LogP) is 2.71. The van der Waals surface area contributed by atoms with E-state index in [0.29, 0.717) is 11.6 Å². The maximum Gasteiger partial charge on any atom is 0.253 e. The standard InChI is InChI=1S/C22H30N4O2/c27-21-14-20(19-4-10-23-11-5-19)24-17-26(21)15-18-6-12-25(13-7-18)16-22(28)8-2-1-3-9-22/h4-5,10-11,14,17-18,28H,1-3,6-9,12-13,15-16H2. The Bertz CT molecular complexity index is 822. The Morgan fingerprint density at radius 3 is 2.50 bits per heavy atom. The lowest BCUT2D eigenvalue weighted by Crippen LogP contribution is -2.47. The van der Waals surface area contributed by atoms with Gasteiger partial charge in [-0.05, 0) is 56.8 Å². The summed E-state index contributed by atoms with van der Waals surface area (Å²) in [5.74, 6) is 0.489. The topological polar surface area (TPSA) is 71.2 Å². The van der Waals surface area contributed by atoms with E-state index in [1.165, 1.54) is 6.42 Å². The van der Waals surface area contributed by atoms with Crippen LogP contribution < -0.4 is 5.56 Å². The first-order chi connectivity index (χ1) is 13.6. The number of β-amino-alcohol motifs (C(OH)–C–C–N with tert-alkyl or cyclic N) is 1. The highest BCUT2D eigenvalue weighted by Gasteiger charge is 2.32. The van der Waals surface area contributed by atoms with Gasteiger partial charge in [0.05, 0.1) is 17.6 Å². The molecule has 28 heavy (non-hydrogen) atoms. The summed E-state index contributed by atoms with van der Waals surface area (Å²) in [5, 5.41) is 10.8. The first kappa shape index (κ1) is 19.3. The molecular weight excluding hydrogens is 352 g/mol. The number of piperidine rings is 1. The summed E-state index contributed by atoms with van der Waals surface area (Å²) < 4.78 is 1.74. The normalized spacial score (nSPS) is 20.9.